The van der Waals surface area contributed by atoms with Crippen molar-refractivity contribution in [3.63, 3.8) is 0 Å². The number of hydrogen-bond acceptors (Lipinski definition) is 2. The third-order valence-electron chi connectivity index (χ3n) is 3.31. The van der Waals surface area contributed by atoms with E-state index in [0.29, 0.717) is 13.0 Å². The van der Waals surface area contributed by atoms with E-state index in [-0.39, 0.29) is 0 Å². The monoisotopic (exact) mass is 336 g/mol. The van der Waals surface area contributed by atoms with Gasteiger partial charge in [-0.3, -0.25) is 10.2 Å². The predicted octanol–water partition coefficient (Wildman–Crippen LogP) is 5.35. The Labute approximate surface area is 150 Å². The lowest BCUT2D eigenvalue weighted by molar-refractivity contribution is -0.110. The molecule has 0 fully saturated rings. The highest BCUT2D eigenvalue weighted by Crippen LogP contribution is 2.28. The third-order valence-corrected chi connectivity index (χ3v) is 3.31. The largest absolute Gasteiger partial charge is 0.294 e. The van der Waals surface area contributed by atoms with Crippen molar-refractivity contribution in [3.8, 4) is 0 Å². The number of hydrogen-bond donors (Lipinski definition) is 2. The summed E-state index contributed by atoms with van der Waals surface area (Å²) in [5.41, 5.74) is 7.78. The predicted molar refractivity (Wildman–Crippen MR) is 109 cm³/mol. The van der Waals surface area contributed by atoms with Gasteiger partial charge in [-0.1, -0.05) is 68.0 Å². The number of nitrogens with one attached hydrogen (secondary N) is 2. The molecule has 0 saturated heterocycles. The Morgan fingerprint density at radius 1 is 0.960 bits per heavy atom. The van der Waals surface area contributed by atoms with Gasteiger partial charge >= 0.3 is 0 Å². The number of amides is 1. The third kappa shape index (κ3) is 6.05. The Morgan fingerprint density at radius 3 is 1.84 bits per heavy atom. The minimum absolute atomic E-state index is 0.598. The highest BCUT2D eigenvalue weighted by Gasteiger charge is 2.06. The van der Waals surface area contributed by atoms with Crippen LogP contribution < -0.4 is 10.9 Å². The van der Waals surface area contributed by atoms with Gasteiger partial charge in [0.15, 0.2) is 0 Å². The van der Waals surface area contributed by atoms with Crippen molar-refractivity contribution in [1.82, 2.24) is 10.9 Å². The maximum atomic E-state index is 10.3. The van der Waals surface area contributed by atoms with E-state index in [2.05, 4.69) is 47.8 Å². The van der Waals surface area contributed by atoms with Crippen molar-refractivity contribution in [2.24, 2.45) is 0 Å². The van der Waals surface area contributed by atoms with Gasteiger partial charge in [0.1, 0.15) is 0 Å². The molecule has 3 rings (SSSR count). The molecule has 0 spiro atoms. The first kappa shape index (κ1) is 20.4. The molecule has 3 heteroatoms. The summed E-state index contributed by atoms with van der Waals surface area (Å²) in [6, 6.07) is 18.8. The highest BCUT2D eigenvalue weighted by atomic mass is 16.1. The number of carbonyl (C=O) groups excluding carboxylic acids is 1. The molecule has 0 aliphatic carbocycles. The summed E-state index contributed by atoms with van der Waals surface area (Å²) in [4.78, 5) is 10.3. The second kappa shape index (κ2) is 11.0. The molecule has 1 amide bonds. The van der Waals surface area contributed by atoms with Crippen molar-refractivity contribution in [2.45, 2.75) is 34.2 Å². The van der Waals surface area contributed by atoms with Gasteiger partial charge in [-0.05, 0) is 47.0 Å². The minimum Gasteiger partial charge on any atom is -0.294 e. The van der Waals surface area contributed by atoms with Gasteiger partial charge < -0.3 is 0 Å². The van der Waals surface area contributed by atoms with Gasteiger partial charge in [-0.2, -0.15) is 0 Å². The Morgan fingerprint density at radius 2 is 1.40 bits per heavy atom. The molecular formula is C22H28N2O. The SMILES string of the molecule is C=C(C)C.CC.O=CNNCc1c2ccccc2cc2ccccc12. The summed E-state index contributed by atoms with van der Waals surface area (Å²) in [5, 5.41) is 4.84. The summed E-state index contributed by atoms with van der Waals surface area (Å²) in [6.07, 6.45) is 0.646. The molecule has 25 heavy (non-hydrogen) atoms. The van der Waals surface area contributed by atoms with Crippen LogP contribution in [-0.4, -0.2) is 6.41 Å². The number of benzene rings is 3. The van der Waals surface area contributed by atoms with E-state index >= 15 is 0 Å². The van der Waals surface area contributed by atoms with E-state index < -0.39 is 0 Å². The molecule has 3 aromatic rings. The van der Waals surface area contributed by atoms with Crippen LogP contribution >= 0.6 is 0 Å². The summed E-state index contributed by atoms with van der Waals surface area (Å²) in [7, 11) is 0. The summed E-state index contributed by atoms with van der Waals surface area (Å²) in [6.45, 7) is 12.1. The second-order valence-corrected chi connectivity index (χ2v) is 5.62. The average molecular weight is 336 g/mol. The van der Waals surface area contributed by atoms with Gasteiger partial charge in [-0.15, -0.1) is 6.58 Å². The van der Waals surface area contributed by atoms with Crippen LogP contribution in [-0.2, 0) is 11.3 Å². The van der Waals surface area contributed by atoms with E-state index in [1.165, 1.54) is 32.7 Å². The van der Waals surface area contributed by atoms with Gasteiger partial charge in [0.25, 0.3) is 0 Å². The van der Waals surface area contributed by atoms with Crippen LogP contribution in [0.25, 0.3) is 21.5 Å². The van der Waals surface area contributed by atoms with Crippen molar-refractivity contribution in [2.75, 3.05) is 0 Å². The first-order valence-electron chi connectivity index (χ1n) is 8.57. The molecule has 0 heterocycles. The lowest BCUT2D eigenvalue weighted by atomic mass is 9.97. The van der Waals surface area contributed by atoms with Crippen LogP contribution in [0.1, 0.15) is 33.3 Å². The maximum absolute atomic E-state index is 10.3. The molecule has 3 aromatic carbocycles. The zero-order valence-electron chi connectivity index (χ0n) is 15.6. The fourth-order valence-electron chi connectivity index (χ4n) is 2.48. The van der Waals surface area contributed by atoms with E-state index in [1.54, 1.807) is 0 Å². The first-order valence-corrected chi connectivity index (χ1v) is 8.57. The molecule has 0 aromatic heterocycles. The van der Waals surface area contributed by atoms with Crippen molar-refractivity contribution in [1.29, 1.82) is 0 Å². The molecule has 132 valence electrons. The van der Waals surface area contributed by atoms with Crippen LogP contribution in [0, 0.1) is 0 Å². The Balaban J connectivity index is 0.000000461. The molecule has 0 unspecified atom stereocenters. The highest BCUT2D eigenvalue weighted by molar-refractivity contribution is 6.02. The first-order chi connectivity index (χ1) is 12.1. The Bertz CT molecular complexity index is 766. The standard InChI is InChI=1S/C16H14N2O.C4H8.C2H6/c19-11-18-17-10-16-14-7-3-1-5-12(14)9-13-6-2-4-8-15(13)16;1-4(2)3;1-2/h1-9,11,17H,10H2,(H,18,19);1H2,2-3H3;1-2H3. The molecular weight excluding hydrogens is 308 g/mol. The number of carbonyl (C=O) groups is 1. The van der Waals surface area contributed by atoms with E-state index in [4.69, 9.17) is 0 Å². The quantitative estimate of drug-likeness (QED) is 0.222. The van der Waals surface area contributed by atoms with Crippen molar-refractivity contribution >= 4 is 28.0 Å². The van der Waals surface area contributed by atoms with Crippen LogP contribution in [0.2, 0.25) is 0 Å². The van der Waals surface area contributed by atoms with Crippen LogP contribution in [0.3, 0.4) is 0 Å². The molecule has 0 saturated carbocycles. The molecule has 0 bridgehead atoms. The molecule has 0 atom stereocenters. The van der Waals surface area contributed by atoms with Crippen molar-refractivity contribution < 1.29 is 4.79 Å². The molecule has 0 aliphatic rings. The van der Waals surface area contributed by atoms with E-state index in [1.807, 2.05) is 52.0 Å². The summed E-state index contributed by atoms with van der Waals surface area (Å²) in [5.74, 6) is 0. The number of fused-ring (bicyclic) bond motifs is 2. The molecule has 0 aliphatic heterocycles. The van der Waals surface area contributed by atoms with Crippen molar-refractivity contribution in [3.05, 3.63) is 72.3 Å². The smallest absolute Gasteiger partial charge is 0.221 e. The molecule has 3 nitrogen and oxygen atoms in total. The Kier molecular flexibility index (Phi) is 8.97. The molecule has 2 N–H and O–H groups in total. The zero-order valence-corrected chi connectivity index (χ0v) is 15.6. The second-order valence-electron chi connectivity index (χ2n) is 5.62. The lowest BCUT2D eigenvalue weighted by Gasteiger charge is -2.11. The van der Waals surface area contributed by atoms with Gasteiger partial charge in [-0.25, -0.2) is 5.43 Å². The average Bonchev–Trinajstić information content (AvgIpc) is 2.62. The van der Waals surface area contributed by atoms with Gasteiger partial charge in [0.2, 0.25) is 6.41 Å². The van der Waals surface area contributed by atoms with Crippen LogP contribution in [0.15, 0.2) is 66.7 Å². The topological polar surface area (TPSA) is 41.1 Å². The van der Waals surface area contributed by atoms with E-state index in [9.17, 15) is 4.79 Å². The zero-order chi connectivity index (χ0) is 18.7. The summed E-state index contributed by atoms with van der Waals surface area (Å²) >= 11 is 0. The molecule has 0 radical (unpaired) electrons. The van der Waals surface area contributed by atoms with Crippen LogP contribution in [0.5, 0.6) is 0 Å². The Hall–Kier alpha value is -2.65. The van der Waals surface area contributed by atoms with Crippen LogP contribution in [0.4, 0.5) is 0 Å². The number of rotatable bonds is 4. The fraction of sp³-hybridized carbons (Fsp3) is 0.227. The minimum atomic E-state index is 0.598. The fourth-order valence-corrected chi connectivity index (χ4v) is 2.48. The van der Waals surface area contributed by atoms with E-state index in [0.717, 1.165) is 0 Å². The number of hydrazine groups is 1. The summed E-state index contributed by atoms with van der Waals surface area (Å²) < 4.78 is 0. The lowest BCUT2D eigenvalue weighted by Crippen LogP contribution is -2.29. The maximum Gasteiger partial charge on any atom is 0.221 e. The number of allylic oxidation sites excluding steroid dienone is 1. The van der Waals surface area contributed by atoms with Gasteiger partial charge in [0, 0.05) is 6.54 Å². The normalized spacial score (nSPS) is 9.44. The van der Waals surface area contributed by atoms with Gasteiger partial charge in [0.05, 0.1) is 0 Å².